The fourth-order valence-corrected chi connectivity index (χ4v) is 2.83. The third-order valence-electron chi connectivity index (χ3n) is 3.98. The van der Waals surface area contributed by atoms with Crippen LogP contribution in [-0.2, 0) is 13.6 Å². The van der Waals surface area contributed by atoms with Gasteiger partial charge >= 0.3 is 5.97 Å². The molecule has 2 aromatic heterocycles. The van der Waals surface area contributed by atoms with Crippen molar-refractivity contribution >= 4 is 29.3 Å². The minimum Gasteiger partial charge on any atom is -0.478 e. The maximum Gasteiger partial charge on any atom is 0.339 e. The van der Waals surface area contributed by atoms with Gasteiger partial charge in [-0.05, 0) is 19.1 Å². The van der Waals surface area contributed by atoms with Crippen LogP contribution in [0.15, 0.2) is 30.5 Å². The van der Waals surface area contributed by atoms with Crippen LogP contribution in [0.25, 0.3) is 0 Å². The van der Waals surface area contributed by atoms with E-state index in [1.165, 1.54) is 28.5 Å². The van der Waals surface area contributed by atoms with E-state index in [1.54, 1.807) is 19.1 Å². The number of anilines is 1. The molecule has 2 heterocycles. The van der Waals surface area contributed by atoms with Crippen molar-refractivity contribution in [3.8, 4) is 0 Å². The van der Waals surface area contributed by atoms with E-state index in [9.17, 15) is 14.0 Å². The fraction of sp³-hybridized carbons (Fsp3) is 0.176. The number of benzene rings is 1. The molecule has 0 saturated heterocycles. The Labute approximate surface area is 158 Å². The van der Waals surface area contributed by atoms with Gasteiger partial charge in [0.2, 0.25) is 0 Å². The number of hydrogen-bond donors (Lipinski definition) is 2. The lowest BCUT2D eigenvalue weighted by Crippen LogP contribution is -2.19. The number of rotatable bonds is 5. The molecule has 0 radical (unpaired) electrons. The van der Waals surface area contributed by atoms with Gasteiger partial charge in [-0.25, -0.2) is 9.18 Å². The van der Waals surface area contributed by atoms with Crippen LogP contribution in [0.4, 0.5) is 10.2 Å². The first-order chi connectivity index (χ1) is 12.8. The van der Waals surface area contributed by atoms with Crippen molar-refractivity contribution < 1.29 is 19.1 Å². The first kappa shape index (κ1) is 18.6. The standard InChI is InChI=1S/C17H15ClFN5O3/c1-9-6-14(21-16(25)15-10(17(26)27)7-20-23(15)2)22-24(9)8-11-12(18)4-3-5-13(11)19/h3-7H,8H2,1-2H3,(H,26,27)(H,21,22,25). The molecule has 27 heavy (non-hydrogen) atoms. The van der Waals surface area contributed by atoms with Crippen molar-refractivity contribution in [1.82, 2.24) is 19.6 Å². The summed E-state index contributed by atoms with van der Waals surface area (Å²) >= 11 is 6.04. The molecular weight excluding hydrogens is 377 g/mol. The molecule has 10 heteroatoms. The molecule has 0 aliphatic heterocycles. The smallest absolute Gasteiger partial charge is 0.339 e. The summed E-state index contributed by atoms with van der Waals surface area (Å²) in [6, 6.07) is 5.98. The molecular formula is C17H15ClFN5O3. The van der Waals surface area contributed by atoms with Crippen LogP contribution in [0.2, 0.25) is 5.02 Å². The van der Waals surface area contributed by atoms with Gasteiger partial charge in [0.1, 0.15) is 17.1 Å². The third kappa shape index (κ3) is 3.68. The molecule has 0 fully saturated rings. The Balaban J connectivity index is 1.84. The number of halogens is 2. The number of carboxylic acids is 1. The second-order valence-corrected chi connectivity index (χ2v) is 6.23. The van der Waals surface area contributed by atoms with Gasteiger partial charge < -0.3 is 10.4 Å². The predicted molar refractivity (Wildman–Crippen MR) is 95.6 cm³/mol. The molecule has 0 saturated carbocycles. The molecule has 3 rings (SSSR count). The summed E-state index contributed by atoms with van der Waals surface area (Å²) in [7, 11) is 1.46. The van der Waals surface area contributed by atoms with E-state index in [1.807, 2.05) is 0 Å². The van der Waals surface area contributed by atoms with Crippen molar-refractivity contribution in [2.24, 2.45) is 7.05 Å². The summed E-state index contributed by atoms with van der Waals surface area (Å²) < 4.78 is 16.6. The Kier molecular flexibility index (Phi) is 4.95. The average Bonchev–Trinajstić information content (AvgIpc) is 3.14. The first-order valence-electron chi connectivity index (χ1n) is 7.82. The van der Waals surface area contributed by atoms with Gasteiger partial charge in [-0.3, -0.25) is 14.2 Å². The van der Waals surface area contributed by atoms with Crippen LogP contribution in [0.5, 0.6) is 0 Å². The lowest BCUT2D eigenvalue weighted by atomic mass is 10.2. The van der Waals surface area contributed by atoms with Crippen LogP contribution >= 0.6 is 11.6 Å². The highest BCUT2D eigenvalue weighted by molar-refractivity contribution is 6.31. The van der Waals surface area contributed by atoms with Gasteiger partial charge in [-0.1, -0.05) is 17.7 Å². The van der Waals surface area contributed by atoms with E-state index in [4.69, 9.17) is 16.7 Å². The quantitative estimate of drug-likeness (QED) is 0.696. The number of carboxylic acid groups (broad SMARTS) is 1. The Morgan fingerprint density at radius 1 is 1.37 bits per heavy atom. The van der Waals surface area contributed by atoms with Crippen molar-refractivity contribution in [2.75, 3.05) is 5.32 Å². The van der Waals surface area contributed by atoms with Gasteiger partial charge in [0.15, 0.2) is 5.82 Å². The second kappa shape index (κ2) is 7.20. The van der Waals surface area contributed by atoms with E-state index in [0.29, 0.717) is 5.69 Å². The minimum absolute atomic E-state index is 0.0826. The molecule has 3 aromatic rings. The van der Waals surface area contributed by atoms with Crippen LogP contribution in [0, 0.1) is 12.7 Å². The monoisotopic (exact) mass is 391 g/mol. The van der Waals surface area contributed by atoms with Crippen LogP contribution in [0.1, 0.15) is 32.1 Å². The molecule has 0 unspecified atom stereocenters. The first-order valence-corrected chi connectivity index (χ1v) is 8.19. The van der Waals surface area contributed by atoms with Gasteiger partial charge in [-0.2, -0.15) is 10.2 Å². The number of aromatic nitrogens is 4. The zero-order chi connectivity index (χ0) is 19.7. The number of carbonyl (C=O) groups is 2. The van der Waals surface area contributed by atoms with Crippen LogP contribution in [0.3, 0.4) is 0 Å². The molecule has 0 spiro atoms. The number of aromatic carboxylic acids is 1. The minimum atomic E-state index is -1.26. The molecule has 0 aliphatic carbocycles. The molecule has 0 bridgehead atoms. The lowest BCUT2D eigenvalue weighted by molar-refractivity contribution is 0.0692. The van der Waals surface area contributed by atoms with Crippen molar-refractivity contribution in [1.29, 1.82) is 0 Å². The highest BCUT2D eigenvalue weighted by Crippen LogP contribution is 2.21. The summed E-state index contributed by atoms with van der Waals surface area (Å²) in [6.45, 7) is 1.82. The zero-order valence-corrected chi connectivity index (χ0v) is 15.2. The van der Waals surface area contributed by atoms with Gasteiger partial charge in [-0.15, -0.1) is 0 Å². The molecule has 140 valence electrons. The molecule has 0 aliphatic rings. The van der Waals surface area contributed by atoms with E-state index in [-0.39, 0.29) is 34.2 Å². The summed E-state index contributed by atoms with van der Waals surface area (Å²) in [4.78, 5) is 23.7. The predicted octanol–water partition coefficient (Wildman–Crippen LogP) is 2.72. The number of hydrogen-bond acceptors (Lipinski definition) is 4. The number of carbonyl (C=O) groups excluding carboxylic acids is 1. The highest BCUT2D eigenvalue weighted by atomic mass is 35.5. The maximum atomic E-state index is 14.0. The number of nitrogens with one attached hydrogen (secondary N) is 1. The number of nitrogens with zero attached hydrogens (tertiary/aromatic N) is 4. The Morgan fingerprint density at radius 3 is 2.78 bits per heavy atom. The number of amides is 1. The lowest BCUT2D eigenvalue weighted by Gasteiger charge is -2.08. The van der Waals surface area contributed by atoms with Crippen LogP contribution in [-0.4, -0.2) is 36.5 Å². The largest absolute Gasteiger partial charge is 0.478 e. The zero-order valence-electron chi connectivity index (χ0n) is 14.4. The van der Waals surface area contributed by atoms with Gasteiger partial charge in [0.25, 0.3) is 5.91 Å². The van der Waals surface area contributed by atoms with Crippen LogP contribution < -0.4 is 5.32 Å². The topological polar surface area (TPSA) is 102 Å². The van der Waals surface area contributed by atoms with Crippen molar-refractivity contribution in [2.45, 2.75) is 13.5 Å². The SMILES string of the molecule is Cc1cc(NC(=O)c2c(C(=O)O)cnn2C)nn1Cc1c(F)cccc1Cl. The second-order valence-electron chi connectivity index (χ2n) is 5.82. The Hall–Kier alpha value is -3.20. The summed E-state index contributed by atoms with van der Waals surface area (Å²) in [6.07, 6.45) is 1.10. The average molecular weight is 392 g/mol. The molecule has 2 N–H and O–H groups in total. The van der Waals surface area contributed by atoms with E-state index >= 15 is 0 Å². The molecule has 1 amide bonds. The fourth-order valence-electron chi connectivity index (χ4n) is 2.60. The molecule has 8 nitrogen and oxygen atoms in total. The van der Waals surface area contributed by atoms with Crippen molar-refractivity contribution in [3.63, 3.8) is 0 Å². The summed E-state index contributed by atoms with van der Waals surface area (Å²) in [5.41, 5.74) is 0.618. The Morgan fingerprint density at radius 2 is 2.11 bits per heavy atom. The maximum absolute atomic E-state index is 14.0. The third-order valence-corrected chi connectivity index (χ3v) is 4.33. The number of aryl methyl sites for hydroxylation is 2. The van der Waals surface area contributed by atoms with Gasteiger partial charge in [0.05, 0.1) is 12.7 Å². The summed E-state index contributed by atoms with van der Waals surface area (Å²) in [5, 5.41) is 20.0. The normalized spacial score (nSPS) is 10.8. The van der Waals surface area contributed by atoms with E-state index in [0.717, 1.165) is 6.20 Å². The molecule has 0 atom stereocenters. The highest BCUT2D eigenvalue weighted by Gasteiger charge is 2.22. The summed E-state index contributed by atoms with van der Waals surface area (Å²) in [5.74, 6) is -2.18. The Bertz CT molecular complexity index is 1020. The molecule has 1 aromatic carbocycles. The van der Waals surface area contributed by atoms with E-state index < -0.39 is 17.7 Å². The van der Waals surface area contributed by atoms with Crippen molar-refractivity contribution in [3.05, 3.63) is 63.8 Å². The van der Waals surface area contributed by atoms with Gasteiger partial charge in [0, 0.05) is 29.4 Å². The van der Waals surface area contributed by atoms with E-state index in [2.05, 4.69) is 15.5 Å².